The van der Waals surface area contributed by atoms with Crippen molar-refractivity contribution in [2.75, 3.05) is 6.54 Å². The maximum atomic E-state index is 8.87. The van der Waals surface area contributed by atoms with E-state index in [1.165, 1.54) is 0 Å². The third kappa shape index (κ3) is 5.47. The topological polar surface area (TPSA) is 73.3 Å². The van der Waals surface area contributed by atoms with Crippen molar-refractivity contribution in [2.45, 2.75) is 26.4 Å². The minimum absolute atomic E-state index is 0. The summed E-state index contributed by atoms with van der Waals surface area (Å²) < 4.78 is 5.92. The number of nitrogens with one attached hydrogen (secondary N) is 2. The smallest absolute Gasteiger partial charge is 0.192 e. The van der Waals surface area contributed by atoms with Gasteiger partial charge < -0.3 is 15.1 Å². The molecule has 2 aromatic carbocycles. The Labute approximate surface area is 176 Å². The van der Waals surface area contributed by atoms with Crippen molar-refractivity contribution >= 4 is 40.9 Å². The summed E-state index contributed by atoms with van der Waals surface area (Å²) in [5, 5.41) is 16.6. The summed E-state index contributed by atoms with van der Waals surface area (Å²) in [6.45, 7) is 5.39. The number of halogens is 1. The van der Waals surface area contributed by atoms with Crippen LogP contribution in [0.1, 0.15) is 36.8 Å². The second kappa shape index (κ2) is 9.97. The zero-order valence-corrected chi connectivity index (χ0v) is 17.7. The SMILES string of the molecule is CCNC(=NCc1ccc(C#N)cc1)NC(C)c1cc2ccccc2o1.I. The van der Waals surface area contributed by atoms with E-state index in [1.807, 2.05) is 62.4 Å². The van der Waals surface area contributed by atoms with Crippen molar-refractivity contribution in [3.8, 4) is 6.07 Å². The zero-order valence-electron chi connectivity index (χ0n) is 15.4. The predicted octanol–water partition coefficient (Wildman–Crippen LogP) is 4.74. The number of guanidine groups is 1. The van der Waals surface area contributed by atoms with Gasteiger partial charge in [-0.1, -0.05) is 30.3 Å². The van der Waals surface area contributed by atoms with E-state index in [0.717, 1.165) is 34.8 Å². The van der Waals surface area contributed by atoms with Gasteiger partial charge in [0.25, 0.3) is 0 Å². The predicted molar refractivity (Wildman–Crippen MR) is 119 cm³/mol. The van der Waals surface area contributed by atoms with E-state index in [-0.39, 0.29) is 30.0 Å². The number of fused-ring (bicyclic) bond motifs is 1. The Bertz CT molecular complexity index is 908. The minimum Gasteiger partial charge on any atom is -0.459 e. The van der Waals surface area contributed by atoms with E-state index in [1.54, 1.807) is 0 Å². The first kappa shape index (κ1) is 20.8. The summed E-state index contributed by atoms with van der Waals surface area (Å²) in [7, 11) is 0. The summed E-state index contributed by atoms with van der Waals surface area (Å²) in [6.07, 6.45) is 0. The number of furan rings is 1. The molecule has 0 aliphatic rings. The highest BCUT2D eigenvalue weighted by Crippen LogP contribution is 2.23. The number of rotatable bonds is 5. The standard InChI is InChI=1S/C21H22N4O.HI/c1-3-23-21(24-14-17-10-8-16(13-22)9-11-17)25-15(2)20-12-18-6-4-5-7-19(18)26-20;/h4-12,15H,3,14H2,1-2H3,(H2,23,24,25);1H. The number of benzene rings is 2. The Morgan fingerprint density at radius 2 is 1.93 bits per heavy atom. The van der Waals surface area contributed by atoms with E-state index in [9.17, 15) is 0 Å². The molecule has 0 saturated carbocycles. The van der Waals surface area contributed by atoms with E-state index in [0.29, 0.717) is 12.1 Å². The van der Waals surface area contributed by atoms with E-state index < -0.39 is 0 Å². The lowest BCUT2D eigenvalue weighted by Gasteiger charge is -2.16. The highest BCUT2D eigenvalue weighted by molar-refractivity contribution is 14.0. The molecule has 3 rings (SSSR count). The lowest BCUT2D eigenvalue weighted by atomic mass is 10.1. The fraction of sp³-hybridized carbons (Fsp3) is 0.238. The number of nitrogens with zero attached hydrogens (tertiary/aromatic N) is 2. The average molecular weight is 474 g/mol. The van der Waals surface area contributed by atoms with E-state index in [4.69, 9.17) is 9.68 Å². The molecule has 1 atom stereocenters. The van der Waals surface area contributed by atoms with Gasteiger partial charge in [-0.2, -0.15) is 5.26 Å². The molecular formula is C21H23IN4O. The van der Waals surface area contributed by atoms with Crippen molar-refractivity contribution in [3.05, 3.63) is 71.5 Å². The summed E-state index contributed by atoms with van der Waals surface area (Å²) >= 11 is 0. The van der Waals surface area contributed by atoms with E-state index in [2.05, 4.69) is 27.8 Å². The molecule has 0 spiro atoms. The first-order chi connectivity index (χ1) is 12.7. The van der Waals surface area contributed by atoms with Crippen LogP contribution in [-0.2, 0) is 6.54 Å². The van der Waals surface area contributed by atoms with Gasteiger partial charge in [-0.25, -0.2) is 4.99 Å². The lowest BCUT2D eigenvalue weighted by molar-refractivity contribution is 0.488. The van der Waals surface area contributed by atoms with Gasteiger partial charge in [0, 0.05) is 11.9 Å². The minimum atomic E-state index is -0.0128. The third-order valence-corrected chi connectivity index (χ3v) is 4.07. The average Bonchev–Trinajstić information content (AvgIpc) is 3.11. The van der Waals surface area contributed by atoms with Crippen molar-refractivity contribution in [2.24, 2.45) is 4.99 Å². The van der Waals surface area contributed by atoms with Gasteiger partial charge in [0.2, 0.25) is 0 Å². The Morgan fingerprint density at radius 1 is 1.19 bits per heavy atom. The summed E-state index contributed by atoms with van der Waals surface area (Å²) in [6, 6.07) is 19.6. The monoisotopic (exact) mass is 474 g/mol. The van der Waals surface area contributed by atoms with Gasteiger partial charge in [-0.15, -0.1) is 24.0 Å². The van der Waals surface area contributed by atoms with Gasteiger partial charge in [0.05, 0.1) is 24.2 Å². The Morgan fingerprint density at radius 3 is 2.59 bits per heavy atom. The molecule has 0 aliphatic heterocycles. The fourth-order valence-electron chi connectivity index (χ4n) is 2.67. The maximum absolute atomic E-state index is 8.87. The third-order valence-electron chi connectivity index (χ3n) is 4.07. The van der Waals surface area contributed by atoms with Crippen molar-refractivity contribution in [3.63, 3.8) is 0 Å². The fourth-order valence-corrected chi connectivity index (χ4v) is 2.67. The van der Waals surface area contributed by atoms with Crippen LogP contribution in [0.3, 0.4) is 0 Å². The molecule has 0 aliphatic carbocycles. The Kier molecular flexibility index (Phi) is 7.67. The number of aliphatic imine (C=N–C) groups is 1. The molecule has 140 valence electrons. The molecule has 6 heteroatoms. The van der Waals surface area contributed by atoms with Crippen LogP contribution in [0.4, 0.5) is 0 Å². The normalized spacial score (nSPS) is 12.1. The first-order valence-corrected chi connectivity index (χ1v) is 8.72. The van der Waals surface area contributed by atoms with Gasteiger partial charge in [0.1, 0.15) is 11.3 Å². The van der Waals surface area contributed by atoms with Crippen LogP contribution in [0.2, 0.25) is 0 Å². The van der Waals surface area contributed by atoms with Gasteiger partial charge in [-0.05, 0) is 43.7 Å². The quantitative estimate of drug-likeness (QED) is 0.319. The van der Waals surface area contributed by atoms with Crippen molar-refractivity contribution < 1.29 is 4.42 Å². The number of nitriles is 1. The van der Waals surface area contributed by atoms with Gasteiger partial charge in [0.15, 0.2) is 5.96 Å². The molecule has 0 amide bonds. The molecule has 0 fully saturated rings. The van der Waals surface area contributed by atoms with Crippen molar-refractivity contribution in [1.82, 2.24) is 10.6 Å². The molecule has 1 unspecified atom stereocenters. The van der Waals surface area contributed by atoms with Crippen LogP contribution in [0.15, 0.2) is 64.0 Å². The highest BCUT2D eigenvalue weighted by atomic mass is 127. The molecule has 1 heterocycles. The van der Waals surface area contributed by atoms with Crippen LogP contribution in [0.25, 0.3) is 11.0 Å². The summed E-state index contributed by atoms with van der Waals surface area (Å²) in [5.74, 6) is 1.60. The molecular weight excluding hydrogens is 451 g/mol. The summed E-state index contributed by atoms with van der Waals surface area (Å²) in [4.78, 5) is 4.63. The van der Waals surface area contributed by atoms with Crippen LogP contribution in [0.5, 0.6) is 0 Å². The molecule has 0 bridgehead atoms. The molecule has 0 radical (unpaired) electrons. The molecule has 0 saturated heterocycles. The first-order valence-electron chi connectivity index (χ1n) is 8.72. The zero-order chi connectivity index (χ0) is 18.4. The van der Waals surface area contributed by atoms with Crippen LogP contribution in [0, 0.1) is 11.3 Å². The molecule has 3 aromatic rings. The van der Waals surface area contributed by atoms with Gasteiger partial charge >= 0.3 is 0 Å². The Hall–Kier alpha value is -2.53. The lowest BCUT2D eigenvalue weighted by Crippen LogP contribution is -2.38. The number of hydrogen-bond donors (Lipinski definition) is 2. The number of para-hydroxylation sites is 1. The second-order valence-corrected chi connectivity index (χ2v) is 6.06. The largest absolute Gasteiger partial charge is 0.459 e. The van der Waals surface area contributed by atoms with Crippen molar-refractivity contribution in [1.29, 1.82) is 5.26 Å². The second-order valence-electron chi connectivity index (χ2n) is 6.06. The molecule has 5 nitrogen and oxygen atoms in total. The highest BCUT2D eigenvalue weighted by Gasteiger charge is 2.12. The Balaban J connectivity index is 0.00000261. The molecule has 1 aromatic heterocycles. The molecule has 27 heavy (non-hydrogen) atoms. The van der Waals surface area contributed by atoms with Crippen LogP contribution >= 0.6 is 24.0 Å². The molecule has 2 N–H and O–H groups in total. The van der Waals surface area contributed by atoms with Gasteiger partial charge in [-0.3, -0.25) is 0 Å². The van der Waals surface area contributed by atoms with Crippen LogP contribution < -0.4 is 10.6 Å². The maximum Gasteiger partial charge on any atom is 0.192 e. The summed E-state index contributed by atoms with van der Waals surface area (Å²) in [5.41, 5.74) is 2.59. The van der Waals surface area contributed by atoms with E-state index >= 15 is 0 Å². The van der Waals surface area contributed by atoms with Crippen LogP contribution in [-0.4, -0.2) is 12.5 Å². The number of hydrogen-bond acceptors (Lipinski definition) is 3.